The van der Waals surface area contributed by atoms with Crippen molar-refractivity contribution in [3.63, 3.8) is 0 Å². The number of nitrogens with one attached hydrogen (secondary N) is 1. The maximum absolute atomic E-state index is 12.8. The minimum atomic E-state index is -0.0915. The van der Waals surface area contributed by atoms with Crippen molar-refractivity contribution in [3.8, 4) is 11.1 Å². The van der Waals surface area contributed by atoms with E-state index in [1.54, 1.807) is 11.9 Å². The van der Waals surface area contributed by atoms with E-state index in [1.807, 2.05) is 48.5 Å². The summed E-state index contributed by atoms with van der Waals surface area (Å²) < 4.78 is 0. The van der Waals surface area contributed by atoms with Crippen molar-refractivity contribution >= 4 is 11.8 Å². The van der Waals surface area contributed by atoms with Crippen molar-refractivity contribution < 1.29 is 9.59 Å². The Morgan fingerprint density at radius 2 is 1.71 bits per heavy atom. The quantitative estimate of drug-likeness (QED) is 0.545. The topological polar surface area (TPSA) is 78.7 Å². The molecule has 0 spiro atoms. The lowest BCUT2D eigenvalue weighted by Crippen LogP contribution is -2.36. The van der Waals surface area contributed by atoms with Crippen LogP contribution < -0.4 is 11.1 Å². The van der Waals surface area contributed by atoms with Gasteiger partial charge >= 0.3 is 0 Å². The number of likely N-dealkylation sites (N-methyl/N-ethyl adjacent to an activating group) is 1. The lowest BCUT2D eigenvalue weighted by atomic mass is 10.0. The molecule has 0 bridgehead atoms. The fraction of sp³-hybridized carbons (Fsp3) is 0.286. The molecule has 1 unspecified atom stereocenters. The van der Waals surface area contributed by atoms with Gasteiger partial charge in [-0.2, -0.15) is 0 Å². The maximum atomic E-state index is 12.8. The molecule has 1 fully saturated rings. The highest BCUT2D eigenvalue weighted by Crippen LogP contribution is 2.22. The van der Waals surface area contributed by atoms with E-state index in [4.69, 9.17) is 5.73 Å². The van der Waals surface area contributed by atoms with Crippen LogP contribution in [0.15, 0.2) is 78.9 Å². The lowest BCUT2D eigenvalue weighted by Gasteiger charge is -2.17. The molecule has 1 atom stereocenters. The van der Waals surface area contributed by atoms with Crippen molar-refractivity contribution in [1.82, 2.24) is 15.1 Å². The predicted octanol–water partition coefficient (Wildman–Crippen LogP) is 3.28. The molecule has 1 aliphatic heterocycles. The van der Waals surface area contributed by atoms with Crippen LogP contribution in [0.4, 0.5) is 0 Å². The molecule has 2 amide bonds. The van der Waals surface area contributed by atoms with E-state index in [1.165, 1.54) is 5.56 Å². The molecule has 1 heterocycles. The fourth-order valence-corrected chi connectivity index (χ4v) is 4.39. The maximum Gasteiger partial charge on any atom is 0.251 e. The van der Waals surface area contributed by atoms with E-state index in [0.29, 0.717) is 12.1 Å². The van der Waals surface area contributed by atoms with Gasteiger partial charge in [-0.3, -0.25) is 14.5 Å². The van der Waals surface area contributed by atoms with Crippen LogP contribution in [-0.4, -0.2) is 54.3 Å². The van der Waals surface area contributed by atoms with Crippen LogP contribution in [0.2, 0.25) is 0 Å². The minimum absolute atomic E-state index is 0.00559. The van der Waals surface area contributed by atoms with E-state index in [9.17, 15) is 9.59 Å². The molecule has 0 aliphatic carbocycles. The molecule has 1 saturated heterocycles. The van der Waals surface area contributed by atoms with Crippen LogP contribution in [0.5, 0.6) is 0 Å². The van der Waals surface area contributed by atoms with Gasteiger partial charge in [-0.15, -0.1) is 0 Å². The normalized spacial score (nSPS) is 15.8. The zero-order valence-electron chi connectivity index (χ0n) is 19.6. The van der Waals surface area contributed by atoms with Crippen LogP contribution in [0.3, 0.4) is 0 Å². The lowest BCUT2D eigenvalue weighted by molar-refractivity contribution is -0.128. The van der Waals surface area contributed by atoms with Gasteiger partial charge in [-0.25, -0.2) is 0 Å². The van der Waals surface area contributed by atoms with E-state index >= 15 is 0 Å². The van der Waals surface area contributed by atoms with Gasteiger partial charge in [0, 0.05) is 44.8 Å². The van der Waals surface area contributed by atoms with Gasteiger partial charge in [0.05, 0.1) is 6.54 Å². The number of carbonyl (C=O) groups is 2. The van der Waals surface area contributed by atoms with Gasteiger partial charge in [0.2, 0.25) is 5.91 Å². The molecule has 1 aliphatic rings. The molecule has 34 heavy (non-hydrogen) atoms. The Kier molecular flexibility index (Phi) is 7.72. The molecular formula is C28H32N4O2. The first-order chi connectivity index (χ1) is 16.5. The van der Waals surface area contributed by atoms with E-state index in [-0.39, 0.29) is 24.4 Å². The molecule has 0 radical (unpaired) electrons. The van der Waals surface area contributed by atoms with Crippen LogP contribution >= 0.6 is 0 Å². The summed E-state index contributed by atoms with van der Waals surface area (Å²) in [5.74, 6) is -0.125. The number of benzene rings is 3. The molecular weight excluding hydrogens is 424 g/mol. The van der Waals surface area contributed by atoms with Crippen LogP contribution in [-0.2, 0) is 17.9 Å². The molecule has 6 heteroatoms. The number of likely N-dealkylation sites (tertiary alicyclic amines) is 1. The second kappa shape index (κ2) is 11.1. The second-order valence-electron chi connectivity index (χ2n) is 8.91. The molecule has 3 aromatic carbocycles. The summed E-state index contributed by atoms with van der Waals surface area (Å²) in [5, 5.41) is 3.19. The smallest absolute Gasteiger partial charge is 0.251 e. The highest BCUT2D eigenvalue weighted by Gasteiger charge is 2.24. The average molecular weight is 457 g/mol. The Labute approximate surface area is 201 Å². The summed E-state index contributed by atoms with van der Waals surface area (Å²) in [5.41, 5.74) is 10.5. The molecule has 176 valence electrons. The highest BCUT2D eigenvalue weighted by atomic mass is 16.2. The molecule has 3 N–H and O–H groups in total. The highest BCUT2D eigenvalue weighted by molar-refractivity contribution is 5.95. The predicted molar refractivity (Wildman–Crippen MR) is 135 cm³/mol. The van der Waals surface area contributed by atoms with Crippen LogP contribution in [0.25, 0.3) is 11.1 Å². The van der Waals surface area contributed by atoms with Crippen molar-refractivity contribution in [1.29, 1.82) is 0 Å². The molecule has 4 rings (SSSR count). The number of rotatable bonds is 8. The van der Waals surface area contributed by atoms with Gasteiger partial charge in [0.15, 0.2) is 0 Å². The first kappa shape index (κ1) is 23.7. The monoisotopic (exact) mass is 456 g/mol. The Morgan fingerprint density at radius 1 is 0.971 bits per heavy atom. The summed E-state index contributed by atoms with van der Waals surface area (Å²) in [7, 11) is 1.75. The van der Waals surface area contributed by atoms with Crippen molar-refractivity contribution in [2.45, 2.75) is 25.6 Å². The fourth-order valence-electron chi connectivity index (χ4n) is 4.39. The minimum Gasteiger partial charge on any atom is -0.348 e. The number of carbonyl (C=O) groups excluding carboxylic acids is 2. The third-order valence-corrected chi connectivity index (χ3v) is 6.28. The molecule has 3 aromatic rings. The summed E-state index contributed by atoms with van der Waals surface area (Å²) in [6.07, 6.45) is 0.963. The third kappa shape index (κ3) is 6.10. The number of nitrogens with two attached hydrogens (primary N) is 1. The number of nitrogens with zero attached hydrogens (tertiary/aromatic N) is 2. The zero-order chi connectivity index (χ0) is 23.9. The summed E-state index contributed by atoms with van der Waals surface area (Å²) >= 11 is 0. The number of hydrogen-bond acceptors (Lipinski definition) is 4. The first-order valence-corrected chi connectivity index (χ1v) is 11.7. The summed E-state index contributed by atoms with van der Waals surface area (Å²) in [6, 6.07) is 26.4. The molecule has 0 saturated carbocycles. The largest absolute Gasteiger partial charge is 0.348 e. The standard InChI is InChI=1S/C28H32N4O2/c1-31(27(33)17-29)18-22-8-5-9-25(16-22)23-10-12-24(13-11-23)28(34)30-26-14-15-32(20-26)19-21-6-3-2-4-7-21/h2-13,16,26H,14-15,17-20,29H2,1H3,(H,30,34). The zero-order valence-corrected chi connectivity index (χ0v) is 19.6. The number of hydrogen-bond donors (Lipinski definition) is 2. The average Bonchev–Trinajstić information content (AvgIpc) is 3.30. The van der Waals surface area contributed by atoms with Crippen molar-refractivity contribution in [3.05, 3.63) is 95.6 Å². The van der Waals surface area contributed by atoms with Crippen LogP contribution in [0.1, 0.15) is 27.9 Å². The van der Waals surface area contributed by atoms with Gasteiger partial charge in [-0.1, -0.05) is 60.7 Å². The van der Waals surface area contributed by atoms with E-state index < -0.39 is 0 Å². The SMILES string of the molecule is CN(Cc1cccc(-c2ccc(C(=O)NC3CCN(Cc4ccccc4)C3)cc2)c1)C(=O)CN. The number of amides is 2. The summed E-state index contributed by atoms with van der Waals surface area (Å²) in [4.78, 5) is 28.6. The first-order valence-electron chi connectivity index (χ1n) is 11.7. The third-order valence-electron chi connectivity index (χ3n) is 6.28. The van der Waals surface area contributed by atoms with Gasteiger partial charge in [0.25, 0.3) is 5.91 Å². The van der Waals surface area contributed by atoms with Crippen molar-refractivity contribution in [2.75, 3.05) is 26.7 Å². The van der Waals surface area contributed by atoms with Gasteiger partial charge in [-0.05, 0) is 46.9 Å². The summed E-state index contributed by atoms with van der Waals surface area (Å²) in [6.45, 7) is 3.28. The second-order valence-corrected chi connectivity index (χ2v) is 8.91. The Bertz CT molecular complexity index is 1110. The van der Waals surface area contributed by atoms with Gasteiger partial charge in [0.1, 0.15) is 0 Å². The van der Waals surface area contributed by atoms with E-state index in [0.717, 1.165) is 42.7 Å². The van der Waals surface area contributed by atoms with Crippen molar-refractivity contribution in [2.24, 2.45) is 5.73 Å². The molecule has 6 nitrogen and oxygen atoms in total. The molecule has 0 aromatic heterocycles. The Hall–Kier alpha value is -3.48. The Balaban J connectivity index is 1.33. The van der Waals surface area contributed by atoms with Gasteiger partial charge < -0.3 is 16.0 Å². The van der Waals surface area contributed by atoms with E-state index in [2.05, 4.69) is 40.5 Å². The van der Waals surface area contributed by atoms with Crippen LogP contribution in [0, 0.1) is 0 Å². The Morgan fingerprint density at radius 3 is 2.44 bits per heavy atom.